The number of aryl methyl sites for hydroxylation is 2. The second-order valence-corrected chi connectivity index (χ2v) is 5.32. The van der Waals surface area contributed by atoms with Gasteiger partial charge in [-0.2, -0.15) is 5.10 Å². The van der Waals surface area contributed by atoms with Crippen LogP contribution in [-0.4, -0.2) is 34.0 Å². The average molecular weight is 312 g/mol. The van der Waals surface area contributed by atoms with E-state index in [0.29, 0.717) is 17.3 Å². The predicted molar refractivity (Wildman–Crippen MR) is 88.8 cm³/mol. The lowest BCUT2D eigenvalue weighted by atomic mass is 10.1. The monoisotopic (exact) mass is 312 g/mol. The molecule has 120 valence electrons. The van der Waals surface area contributed by atoms with Gasteiger partial charge in [-0.15, -0.1) is 0 Å². The Morgan fingerprint density at radius 2 is 1.91 bits per heavy atom. The van der Waals surface area contributed by atoms with E-state index >= 15 is 0 Å². The molecule has 0 aliphatic heterocycles. The normalized spacial score (nSPS) is 11.0. The molecule has 2 heterocycles. The van der Waals surface area contributed by atoms with Crippen molar-refractivity contribution in [3.8, 4) is 22.9 Å². The molecule has 6 nitrogen and oxygen atoms in total. The fraction of sp³-hybridized carbons (Fsp3) is 0.353. The van der Waals surface area contributed by atoms with Gasteiger partial charge in [-0.3, -0.25) is 4.68 Å². The van der Waals surface area contributed by atoms with Crippen molar-refractivity contribution >= 4 is 11.0 Å². The van der Waals surface area contributed by atoms with Crippen LogP contribution in [0, 0.1) is 0 Å². The van der Waals surface area contributed by atoms with Crippen LogP contribution in [0.15, 0.2) is 24.4 Å². The zero-order valence-electron chi connectivity index (χ0n) is 13.8. The summed E-state index contributed by atoms with van der Waals surface area (Å²) in [6.45, 7) is 2.14. The Kier molecular flexibility index (Phi) is 4.14. The van der Waals surface area contributed by atoms with Crippen LogP contribution in [0.25, 0.3) is 22.4 Å². The highest BCUT2D eigenvalue weighted by Gasteiger charge is 2.13. The lowest BCUT2D eigenvalue weighted by Crippen LogP contribution is -1.95. The molecule has 3 rings (SSSR count). The Bertz CT molecular complexity index is 842. The van der Waals surface area contributed by atoms with E-state index < -0.39 is 0 Å². The van der Waals surface area contributed by atoms with Crippen molar-refractivity contribution in [2.24, 2.45) is 7.05 Å². The molecule has 0 aliphatic rings. The largest absolute Gasteiger partial charge is 0.493 e. The van der Waals surface area contributed by atoms with E-state index in [1.54, 1.807) is 14.2 Å². The van der Waals surface area contributed by atoms with Gasteiger partial charge in [-0.25, -0.2) is 9.97 Å². The van der Waals surface area contributed by atoms with Gasteiger partial charge in [-0.05, 0) is 24.6 Å². The number of benzene rings is 1. The molecule has 0 saturated carbocycles. The van der Waals surface area contributed by atoms with Gasteiger partial charge in [0.15, 0.2) is 17.3 Å². The number of ether oxygens (including phenoxy) is 2. The van der Waals surface area contributed by atoms with Gasteiger partial charge in [0.1, 0.15) is 11.0 Å². The third kappa shape index (κ3) is 2.72. The maximum Gasteiger partial charge on any atom is 0.161 e. The molecule has 2 aromatic heterocycles. The molecular formula is C17H20N4O2. The van der Waals surface area contributed by atoms with Crippen LogP contribution in [0.2, 0.25) is 0 Å². The molecular weight excluding hydrogens is 292 g/mol. The molecule has 0 aliphatic carbocycles. The topological polar surface area (TPSA) is 62.1 Å². The third-order valence-corrected chi connectivity index (χ3v) is 3.79. The number of hydrogen-bond donors (Lipinski definition) is 0. The summed E-state index contributed by atoms with van der Waals surface area (Å²) in [6, 6.07) is 5.67. The molecule has 0 amide bonds. The Morgan fingerprint density at radius 3 is 2.61 bits per heavy atom. The van der Waals surface area contributed by atoms with Crippen LogP contribution < -0.4 is 9.47 Å². The SMILES string of the molecule is CCCc1nn(C)c2cnc(-c3ccc(OC)c(OC)c3)nc12. The fourth-order valence-electron chi connectivity index (χ4n) is 2.63. The van der Waals surface area contributed by atoms with E-state index in [1.807, 2.05) is 36.1 Å². The average Bonchev–Trinajstić information content (AvgIpc) is 2.90. The number of aromatic nitrogens is 4. The van der Waals surface area contributed by atoms with Crippen LogP contribution in [0.4, 0.5) is 0 Å². The summed E-state index contributed by atoms with van der Waals surface area (Å²) in [7, 11) is 5.15. The molecule has 0 bridgehead atoms. The Balaban J connectivity index is 2.11. The third-order valence-electron chi connectivity index (χ3n) is 3.79. The van der Waals surface area contributed by atoms with Crippen molar-refractivity contribution in [3.63, 3.8) is 0 Å². The molecule has 3 aromatic rings. The first kappa shape index (κ1) is 15.3. The minimum atomic E-state index is 0.656. The number of hydrogen-bond acceptors (Lipinski definition) is 5. The minimum Gasteiger partial charge on any atom is -0.493 e. The van der Waals surface area contributed by atoms with E-state index in [1.165, 1.54) is 0 Å². The van der Waals surface area contributed by atoms with E-state index in [-0.39, 0.29) is 0 Å². The van der Waals surface area contributed by atoms with Crippen molar-refractivity contribution in [2.75, 3.05) is 14.2 Å². The molecule has 0 atom stereocenters. The quantitative estimate of drug-likeness (QED) is 0.725. The van der Waals surface area contributed by atoms with Crippen LogP contribution in [0.3, 0.4) is 0 Å². The highest BCUT2D eigenvalue weighted by Crippen LogP contribution is 2.31. The lowest BCUT2D eigenvalue weighted by Gasteiger charge is -2.09. The maximum atomic E-state index is 5.36. The first-order valence-electron chi connectivity index (χ1n) is 7.59. The van der Waals surface area contributed by atoms with Crippen molar-refractivity contribution in [1.29, 1.82) is 0 Å². The molecule has 0 N–H and O–H groups in total. The summed E-state index contributed by atoms with van der Waals surface area (Å²) >= 11 is 0. The number of fused-ring (bicyclic) bond motifs is 1. The van der Waals surface area contributed by atoms with E-state index in [0.717, 1.165) is 35.1 Å². The number of nitrogens with zero attached hydrogens (tertiary/aromatic N) is 4. The first-order chi connectivity index (χ1) is 11.2. The van der Waals surface area contributed by atoms with E-state index in [2.05, 4.69) is 17.0 Å². The van der Waals surface area contributed by atoms with E-state index in [4.69, 9.17) is 14.5 Å². The van der Waals surface area contributed by atoms with Gasteiger partial charge < -0.3 is 9.47 Å². The summed E-state index contributed by atoms with van der Waals surface area (Å²) in [6.07, 6.45) is 3.75. The molecule has 0 fully saturated rings. The number of rotatable bonds is 5. The van der Waals surface area contributed by atoms with Crippen molar-refractivity contribution < 1.29 is 9.47 Å². The zero-order valence-corrected chi connectivity index (χ0v) is 13.8. The molecule has 1 aromatic carbocycles. The Morgan fingerprint density at radius 1 is 1.13 bits per heavy atom. The van der Waals surface area contributed by atoms with Crippen LogP contribution in [0.5, 0.6) is 11.5 Å². The minimum absolute atomic E-state index is 0.656. The van der Waals surface area contributed by atoms with Crippen LogP contribution >= 0.6 is 0 Å². The summed E-state index contributed by atoms with van der Waals surface area (Å²) < 4.78 is 12.5. The van der Waals surface area contributed by atoms with Gasteiger partial charge in [0.2, 0.25) is 0 Å². The molecule has 0 spiro atoms. The fourth-order valence-corrected chi connectivity index (χ4v) is 2.63. The molecule has 0 radical (unpaired) electrons. The smallest absolute Gasteiger partial charge is 0.161 e. The first-order valence-corrected chi connectivity index (χ1v) is 7.59. The number of methoxy groups -OCH3 is 2. The standard InChI is InChI=1S/C17H20N4O2/c1-5-6-12-16-13(21(2)20-12)10-18-17(19-16)11-7-8-14(22-3)15(9-11)23-4/h7-10H,5-6H2,1-4H3. The van der Waals surface area contributed by atoms with Crippen LogP contribution in [0.1, 0.15) is 19.0 Å². The summed E-state index contributed by atoms with van der Waals surface area (Å²) in [5, 5.41) is 4.54. The highest BCUT2D eigenvalue weighted by atomic mass is 16.5. The molecule has 0 saturated heterocycles. The maximum absolute atomic E-state index is 5.36. The lowest BCUT2D eigenvalue weighted by molar-refractivity contribution is 0.355. The second kappa shape index (κ2) is 6.24. The van der Waals surface area contributed by atoms with Crippen LogP contribution in [-0.2, 0) is 13.5 Å². The van der Waals surface area contributed by atoms with E-state index in [9.17, 15) is 0 Å². The second-order valence-electron chi connectivity index (χ2n) is 5.32. The summed E-state index contributed by atoms with van der Waals surface area (Å²) in [4.78, 5) is 9.20. The summed E-state index contributed by atoms with van der Waals surface area (Å²) in [5.41, 5.74) is 3.75. The van der Waals surface area contributed by atoms with Crippen molar-refractivity contribution in [2.45, 2.75) is 19.8 Å². The van der Waals surface area contributed by atoms with Crippen molar-refractivity contribution in [1.82, 2.24) is 19.7 Å². The van der Waals surface area contributed by atoms with Gasteiger partial charge in [-0.1, -0.05) is 13.3 Å². The van der Waals surface area contributed by atoms with Gasteiger partial charge in [0.05, 0.1) is 26.1 Å². The van der Waals surface area contributed by atoms with Gasteiger partial charge >= 0.3 is 0 Å². The Hall–Kier alpha value is -2.63. The highest BCUT2D eigenvalue weighted by molar-refractivity contribution is 5.79. The Labute approximate surface area is 135 Å². The summed E-state index contributed by atoms with van der Waals surface area (Å²) in [5.74, 6) is 2.00. The molecule has 6 heteroatoms. The van der Waals surface area contributed by atoms with Crippen molar-refractivity contribution in [3.05, 3.63) is 30.1 Å². The van der Waals surface area contributed by atoms with Gasteiger partial charge in [0, 0.05) is 12.6 Å². The van der Waals surface area contributed by atoms with Gasteiger partial charge in [0.25, 0.3) is 0 Å². The predicted octanol–water partition coefficient (Wildman–Crippen LogP) is 3.00. The molecule has 23 heavy (non-hydrogen) atoms. The molecule has 0 unspecified atom stereocenters. The zero-order chi connectivity index (χ0) is 16.4.